The monoisotopic (exact) mass is 395 g/mol. The number of carboxylic acid groups (broad SMARTS) is 1. The summed E-state index contributed by atoms with van der Waals surface area (Å²) in [5.41, 5.74) is -0.983. The van der Waals surface area contributed by atoms with E-state index in [1.54, 1.807) is 11.4 Å². The molecular formula is C13H18BrNO4S2. The van der Waals surface area contributed by atoms with E-state index in [0.29, 0.717) is 23.2 Å². The number of carbonyl (C=O) groups is 1. The zero-order valence-electron chi connectivity index (χ0n) is 11.6. The molecule has 0 atom stereocenters. The van der Waals surface area contributed by atoms with Gasteiger partial charge in [-0.2, -0.15) is 0 Å². The standard InChI is InChI=1S/C13H18BrNO4S2/c1-9-2-5-13(6-3-9,12(16)17)8-15-21(18,19)11-10(14)4-7-20-11/h4,7,9,15H,2-3,5-6,8H2,1H3,(H,16,17). The number of thiophene rings is 1. The van der Waals surface area contributed by atoms with Gasteiger partial charge in [0.25, 0.3) is 10.0 Å². The lowest BCUT2D eigenvalue weighted by Gasteiger charge is -2.35. The fourth-order valence-electron chi connectivity index (χ4n) is 2.55. The van der Waals surface area contributed by atoms with Gasteiger partial charge in [-0.05, 0) is 59.0 Å². The van der Waals surface area contributed by atoms with E-state index in [9.17, 15) is 18.3 Å². The lowest BCUT2D eigenvalue weighted by Crippen LogP contribution is -2.45. The highest BCUT2D eigenvalue weighted by Crippen LogP contribution is 2.39. The number of aliphatic carboxylic acids is 1. The number of nitrogens with one attached hydrogen (secondary N) is 1. The van der Waals surface area contributed by atoms with Crippen molar-refractivity contribution in [2.24, 2.45) is 11.3 Å². The highest BCUT2D eigenvalue weighted by atomic mass is 79.9. The first-order valence-corrected chi connectivity index (χ1v) is 9.88. The largest absolute Gasteiger partial charge is 0.481 e. The smallest absolute Gasteiger partial charge is 0.310 e. The molecule has 1 heterocycles. The van der Waals surface area contributed by atoms with Gasteiger partial charge in [0.1, 0.15) is 4.21 Å². The molecule has 0 spiro atoms. The molecule has 1 aromatic rings. The van der Waals surface area contributed by atoms with Gasteiger partial charge in [0.15, 0.2) is 0 Å². The van der Waals surface area contributed by atoms with Crippen LogP contribution in [-0.4, -0.2) is 26.0 Å². The molecular weight excluding hydrogens is 378 g/mol. The lowest BCUT2D eigenvalue weighted by atomic mass is 9.71. The van der Waals surface area contributed by atoms with Crippen molar-refractivity contribution >= 4 is 43.3 Å². The minimum absolute atomic E-state index is 0.0538. The van der Waals surface area contributed by atoms with Crippen LogP contribution in [0.4, 0.5) is 0 Å². The zero-order valence-corrected chi connectivity index (χ0v) is 14.9. The van der Waals surface area contributed by atoms with Gasteiger partial charge < -0.3 is 5.11 Å². The first kappa shape index (κ1) is 16.9. The predicted molar refractivity (Wildman–Crippen MR) is 84.9 cm³/mol. The highest BCUT2D eigenvalue weighted by molar-refractivity contribution is 9.10. The summed E-state index contributed by atoms with van der Waals surface area (Å²) in [6.07, 6.45) is 2.66. The second-order valence-corrected chi connectivity index (χ2v) is 9.38. The van der Waals surface area contributed by atoms with E-state index in [1.807, 2.05) is 0 Å². The summed E-state index contributed by atoms with van der Waals surface area (Å²) in [5.74, 6) is -0.414. The third-order valence-electron chi connectivity index (χ3n) is 4.11. The number of rotatable bonds is 5. The second kappa shape index (κ2) is 6.36. The van der Waals surface area contributed by atoms with Crippen LogP contribution in [-0.2, 0) is 14.8 Å². The van der Waals surface area contributed by atoms with Gasteiger partial charge >= 0.3 is 5.97 Å². The lowest BCUT2D eigenvalue weighted by molar-refractivity contribution is -0.151. The van der Waals surface area contributed by atoms with Gasteiger partial charge in [-0.1, -0.05) is 6.92 Å². The van der Waals surface area contributed by atoms with Gasteiger partial charge in [-0.25, -0.2) is 13.1 Å². The van der Waals surface area contributed by atoms with Gasteiger partial charge in [-0.3, -0.25) is 4.79 Å². The Kier molecular flexibility index (Phi) is 5.12. The summed E-state index contributed by atoms with van der Waals surface area (Å²) in [6.45, 7) is 2.04. The molecule has 0 aliphatic heterocycles. The maximum absolute atomic E-state index is 12.3. The molecule has 0 aromatic carbocycles. The normalized spacial score (nSPS) is 26.7. The first-order valence-electron chi connectivity index (χ1n) is 6.73. The van der Waals surface area contributed by atoms with Crippen LogP contribution in [0.2, 0.25) is 0 Å². The molecule has 0 bridgehead atoms. The molecule has 0 unspecified atom stereocenters. The summed E-state index contributed by atoms with van der Waals surface area (Å²) in [6, 6.07) is 1.66. The third kappa shape index (κ3) is 3.67. The topological polar surface area (TPSA) is 83.5 Å². The summed E-state index contributed by atoms with van der Waals surface area (Å²) in [5, 5.41) is 11.2. The van der Waals surface area contributed by atoms with Crippen LogP contribution in [0.25, 0.3) is 0 Å². The van der Waals surface area contributed by atoms with E-state index in [1.165, 1.54) is 0 Å². The zero-order chi connectivity index (χ0) is 15.7. The van der Waals surface area contributed by atoms with Crippen molar-refractivity contribution in [3.63, 3.8) is 0 Å². The van der Waals surface area contributed by atoms with E-state index >= 15 is 0 Å². The maximum Gasteiger partial charge on any atom is 0.310 e. The van der Waals surface area contributed by atoms with Crippen LogP contribution in [0.5, 0.6) is 0 Å². The summed E-state index contributed by atoms with van der Waals surface area (Å²) in [7, 11) is -3.67. The number of hydrogen-bond acceptors (Lipinski definition) is 4. The van der Waals surface area contributed by atoms with Crippen LogP contribution < -0.4 is 4.72 Å². The van der Waals surface area contributed by atoms with Crippen molar-refractivity contribution in [2.45, 2.75) is 36.8 Å². The Bertz CT molecular complexity index is 618. The Labute approximate surface area is 136 Å². The number of hydrogen-bond donors (Lipinski definition) is 2. The second-order valence-electron chi connectivity index (χ2n) is 5.65. The van der Waals surface area contributed by atoms with Gasteiger partial charge in [0.05, 0.1) is 5.41 Å². The van der Waals surface area contributed by atoms with Crippen molar-refractivity contribution in [3.05, 3.63) is 15.9 Å². The summed E-state index contributed by atoms with van der Waals surface area (Å²) < 4.78 is 27.7. The molecule has 1 aliphatic carbocycles. The molecule has 1 aromatic heterocycles. The van der Waals surface area contributed by atoms with Crippen molar-refractivity contribution in [1.29, 1.82) is 0 Å². The molecule has 118 valence electrons. The van der Waals surface area contributed by atoms with Crippen molar-refractivity contribution in [2.75, 3.05) is 6.54 Å². The molecule has 1 saturated carbocycles. The number of halogens is 1. The van der Waals surface area contributed by atoms with Gasteiger partial charge in [-0.15, -0.1) is 11.3 Å². The molecule has 8 heteroatoms. The molecule has 0 amide bonds. The molecule has 21 heavy (non-hydrogen) atoms. The molecule has 1 fully saturated rings. The molecule has 0 saturated heterocycles. The van der Waals surface area contributed by atoms with Crippen molar-refractivity contribution < 1.29 is 18.3 Å². The maximum atomic E-state index is 12.3. The average molecular weight is 396 g/mol. The molecule has 5 nitrogen and oxygen atoms in total. The SMILES string of the molecule is CC1CCC(CNS(=O)(=O)c2sccc2Br)(C(=O)O)CC1. The minimum Gasteiger partial charge on any atom is -0.481 e. The van der Waals surface area contributed by atoms with E-state index in [0.717, 1.165) is 24.2 Å². The van der Waals surface area contributed by atoms with Crippen LogP contribution in [0, 0.1) is 11.3 Å². The van der Waals surface area contributed by atoms with E-state index < -0.39 is 21.4 Å². The predicted octanol–water partition coefficient (Wildman–Crippen LogP) is 3.07. The van der Waals surface area contributed by atoms with Gasteiger partial charge in [0, 0.05) is 11.0 Å². The Morgan fingerprint density at radius 3 is 2.62 bits per heavy atom. The highest BCUT2D eigenvalue weighted by Gasteiger charge is 2.42. The average Bonchev–Trinajstić information content (AvgIpc) is 2.85. The fourth-order valence-corrected chi connectivity index (χ4v) is 6.06. The van der Waals surface area contributed by atoms with E-state index in [4.69, 9.17) is 0 Å². The Hall–Kier alpha value is -0.440. The molecule has 2 rings (SSSR count). The first-order chi connectivity index (χ1) is 9.77. The fraction of sp³-hybridized carbons (Fsp3) is 0.615. The number of carboxylic acids is 1. The van der Waals surface area contributed by atoms with E-state index in [-0.39, 0.29) is 10.8 Å². The van der Waals surface area contributed by atoms with E-state index in [2.05, 4.69) is 27.6 Å². The summed E-state index contributed by atoms with van der Waals surface area (Å²) >= 11 is 4.30. The molecule has 2 N–H and O–H groups in total. The molecule has 1 aliphatic rings. The van der Waals surface area contributed by atoms with Crippen LogP contribution in [0.15, 0.2) is 20.1 Å². The Morgan fingerprint density at radius 1 is 1.52 bits per heavy atom. The summed E-state index contributed by atoms with van der Waals surface area (Å²) in [4.78, 5) is 11.6. The minimum atomic E-state index is -3.67. The number of sulfonamides is 1. The third-order valence-corrected chi connectivity index (χ3v) is 8.19. The van der Waals surface area contributed by atoms with Crippen LogP contribution in [0.1, 0.15) is 32.6 Å². The van der Waals surface area contributed by atoms with Crippen molar-refractivity contribution in [3.8, 4) is 0 Å². The van der Waals surface area contributed by atoms with Gasteiger partial charge in [0.2, 0.25) is 0 Å². The van der Waals surface area contributed by atoms with Crippen LogP contribution in [0.3, 0.4) is 0 Å². The Morgan fingerprint density at radius 2 is 2.14 bits per heavy atom. The van der Waals surface area contributed by atoms with Crippen LogP contribution >= 0.6 is 27.3 Å². The quantitative estimate of drug-likeness (QED) is 0.801. The Balaban J connectivity index is 2.13. The van der Waals surface area contributed by atoms with Crippen molar-refractivity contribution in [1.82, 2.24) is 4.72 Å². The molecule has 0 radical (unpaired) electrons.